The van der Waals surface area contributed by atoms with Gasteiger partial charge in [-0.2, -0.15) is 0 Å². The molecule has 3 amide bonds. The smallest absolute Gasteiger partial charge is 0.494 e. The van der Waals surface area contributed by atoms with Gasteiger partial charge in [-0.05, 0) is 94.9 Å². The molecule has 0 radical (unpaired) electrons. The molecule has 3 aromatic carbocycles. The molecule has 3 atom stereocenters. The molecule has 0 aliphatic carbocycles. The molecule has 4 rings (SSSR count). The zero-order valence-corrected chi connectivity index (χ0v) is 35.5. The van der Waals surface area contributed by atoms with E-state index in [1.165, 1.54) is 58.7 Å². The number of aromatic hydroxyl groups is 1. The molecule has 0 unspecified atom stereocenters. The normalized spacial score (nSPS) is 16.1. The van der Waals surface area contributed by atoms with Gasteiger partial charge in [0.2, 0.25) is 11.8 Å². The van der Waals surface area contributed by atoms with Gasteiger partial charge < -0.3 is 48.9 Å². The number of nitrogens with one attached hydrogen (secondary N) is 2. The standard InChI is InChI=1S/C40H50BCl2N3O11/c1-38(2,3)55-37(51)45-31(23-14-17-30(52-9)29(47)21-23)34(48)44-32(24-19-26(42)33(53-10)27(43)20-24)35(49)46(8)28(36(50)54-11)18-22-12-15-25(16-13-22)41-56-39(4,5)40(6,7)57-41/h12-17,19-21,28,31-32,47H,18H2,1-11H3,(H,44,48)(H,45,51)/t28-,31+,32+/m0/s1. The summed E-state index contributed by atoms with van der Waals surface area (Å²) in [6.07, 6.45) is -0.930. The zero-order valence-electron chi connectivity index (χ0n) is 33.9. The van der Waals surface area contributed by atoms with Crippen molar-refractivity contribution in [1.82, 2.24) is 15.5 Å². The number of esters is 1. The number of methoxy groups -OCH3 is 3. The molecule has 14 nitrogen and oxygen atoms in total. The molecular formula is C40H50BCl2N3O11. The second-order valence-corrected chi connectivity index (χ2v) is 16.3. The maximum Gasteiger partial charge on any atom is 0.494 e. The van der Waals surface area contributed by atoms with Crippen LogP contribution in [-0.2, 0) is 39.6 Å². The molecule has 0 aromatic heterocycles. The number of hydrogen-bond acceptors (Lipinski definition) is 11. The van der Waals surface area contributed by atoms with Crippen molar-refractivity contribution in [2.24, 2.45) is 0 Å². The van der Waals surface area contributed by atoms with Crippen LogP contribution in [-0.4, -0.2) is 92.2 Å². The van der Waals surface area contributed by atoms with E-state index in [2.05, 4.69) is 10.6 Å². The molecule has 1 aliphatic rings. The van der Waals surface area contributed by atoms with Crippen LogP contribution in [0.1, 0.15) is 77.2 Å². The summed E-state index contributed by atoms with van der Waals surface area (Å²) in [6, 6.07) is 9.89. The first-order chi connectivity index (χ1) is 26.5. The summed E-state index contributed by atoms with van der Waals surface area (Å²) in [4.78, 5) is 56.5. The zero-order chi connectivity index (χ0) is 42.6. The minimum absolute atomic E-state index is 0.0251. The van der Waals surface area contributed by atoms with E-state index >= 15 is 0 Å². The SMILES string of the molecule is COC(=O)[C@H](Cc1ccc(B2OC(C)(C)C(C)(C)O2)cc1)N(C)C(=O)[C@H](NC(=O)[C@H](NC(=O)OC(C)(C)C)c1ccc(OC)c(O)c1)c1cc(Cl)c(OC)c(Cl)c1. The highest BCUT2D eigenvalue weighted by molar-refractivity contribution is 6.62. The predicted molar refractivity (Wildman–Crippen MR) is 215 cm³/mol. The van der Waals surface area contributed by atoms with Crippen molar-refractivity contribution in [1.29, 1.82) is 0 Å². The van der Waals surface area contributed by atoms with Gasteiger partial charge in [-0.3, -0.25) is 9.59 Å². The van der Waals surface area contributed by atoms with E-state index in [4.69, 9.17) is 51.5 Å². The molecular weight excluding hydrogens is 780 g/mol. The number of nitrogens with zero attached hydrogens (tertiary/aromatic N) is 1. The highest BCUT2D eigenvalue weighted by atomic mass is 35.5. The van der Waals surface area contributed by atoms with Gasteiger partial charge in [0.25, 0.3) is 0 Å². The van der Waals surface area contributed by atoms with Gasteiger partial charge in [0, 0.05) is 13.5 Å². The molecule has 1 saturated heterocycles. The number of halogens is 2. The maximum atomic E-state index is 14.6. The average molecular weight is 831 g/mol. The van der Waals surface area contributed by atoms with Crippen LogP contribution in [0.2, 0.25) is 10.0 Å². The Bertz CT molecular complexity index is 1930. The summed E-state index contributed by atoms with van der Waals surface area (Å²) in [5.74, 6) is -2.46. The molecule has 1 fully saturated rings. The second kappa shape index (κ2) is 17.8. The Morgan fingerprint density at radius 3 is 1.91 bits per heavy atom. The number of phenolic OH excluding ortho intramolecular Hbond substituents is 1. The third kappa shape index (κ3) is 10.6. The molecule has 17 heteroatoms. The lowest BCUT2D eigenvalue weighted by atomic mass is 9.78. The molecule has 0 saturated carbocycles. The van der Waals surface area contributed by atoms with Crippen LogP contribution in [0.5, 0.6) is 17.2 Å². The Kier molecular flexibility index (Phi) is 14.1. The van der Waals surface area contributed by atoms with Gasteiger partial charge in [0.15, 0.2) is 17.2 Å². The number of rotatable bonds is 13. The van der Waals surface area contributed by atoms with Gasteiger partial charge >= 0.3 is 19.2 Å². The van der Waals surface area contributed by atoms with Crippen LogP contribution in [0.3, 0.4) is 0 Å². The van der Waals surface area contributed by atoms with Crippen LogP contribution in [0.4, 0.5) is 4.79 Å². The molecule has 308 valence electrons. The van der Waals surface area contributed by atoms with Crippen LogP contribution in [0.15, 0.2) is 54.6 Å². The first-order valence-electron chi connectivity index (χ1n) is 18.0. The predicted octanol–water partition coefficient (Wildman–Crippen LogP) is 5.68. The molecule has 0 bridgehead atoms. The number of benzene rings is 3. The van der Waals surface area contributed by atoms with E-state index in [1.807, 2.05) is 39.8 Å². The molecule has 1 aliphatic heterocycles. The van der Waals surface area contributed by atoms with E-state index in [0.717, 1.165) is 10.4 Å². The van der Waals surface area contributed by atoms with Crippen LogP contribution < -0.4 is 25.6 Å². The largest absolute Gasteiger partial charge is 0.504 e. The molecule has 3 aromatic rings. The lowest BCUT2D eigenvalue weighted by molar-refractivity contribution is -0.152. The van der Waals surface area contributed by atoms with Gasteiger partial charge in [-0.1, -0.05) is 53.5 Å². The third-order valence-electron chi connectivity index (χ3n) is 9.77. The fourth-order valence-corrected chi connectivity index (χ4v) is 6.61. The van der Waals surface area contributed by atoms with Crippen molar-refractivity contribution >= 4 is 59.7 Å². The molecule has 3 N–H and O–H groups in total. The minimum atomic E-state index is -1.55. The third-order valence-corrected chi connectivity index (χ3v) is 10.3. The number of alkyl carbamates (subject to hydrolysis) is 1. The fraction of sp³-hybridized carbons (Fsp3) is 0.450. The average Bonchev–Trinajstić information content (AvgIpc) is 3.35. The van der Waals surface area contributed by atoms with Crippen LogP contribution in [0, 0.1) is 0 Å². The van der Waals surface area contributed by atoms with Gasteiger partial charge in [0.05, 0.1) is 42.6 Å². The first kappa shape index (κ1) is 45.0. The Morgan fingerprint density at radius 1 is 0.842 bits per heavy atom. The topological polar surface area (TPSA) is 171 Å². The number of phenols is 1. The summed E-state index contributed by atoms with van der Waals surface area (Å²) in [7, 11) is 4.72. The Balaban J connectivity index is 1.72. The lowest BCUT2D eigenvalue weighted by Crippen LogP contribution is -2.51. The van der Waals surface area contributed by atoms with E-state index < -0.39 is 65.9 Å². The number of ether oxygens (including phenoxy) is 4. The molecule has 1 heterocycles. The van der Waals surface area contributed by atoms with E-state index in [0.29, 0.717) is 5.56 Å². The summed E-state index contributed by atoms with van der Waals surface area (Å²) < 4.78 is 33.4. The Hall–Kier alpha value is -4.70. The van der Waals surface area contributed by atoms with Crippen molar-refractivity contribution < 1.29 is 52.5 Å². The van der Waals surface area contributed by atoms with Crippen molar-refractivity contribution in [3.8, 4) is 17.2 Å². The van der Waals surface area contributed by atoms with Crippen molar-refractivity contribution in [2.75, 3.05) is 28.4 Å². The summed E-state index contributed by atoms with van der Waals surface area (Å²) in [5, 5.41) is 15.9. The van der Waals surface area contributed by atoms with Gasteiger partial charge in [0.1, 0.15) is 23.7 Å². The number of amides is 3. The Labute approximate surface area is 343 Å². The van der Waals surface area contributed by atoms with Crippen LogP contribution >= 0.6 is 23.2 Å². The highest BCUT2D eigenvalue weighted by Crippen LogP contribution is 2.38. The number of hydrogen-bond donors (Lipinski definition) is 3. The van der Waals surface area contributed by atoms with E-state index in [9.17, 15) is 24.3 Å². The quantitative estimate of drug-likeness (QED) is 0.143. The van der Waals surface area contributed by atoms with Crippen molar-refractivity contribution in [3.05, 3.63) is 81.3 Å². The first-order valence-corrected chi connectivity index (χ1v) is 18.8. The van der Waals surface area contributed by atoms with Gasteiger partial charge in [-0.15, -0.1) is 0 Å². The summed E-state index contributed by atoms with van der Waals surface area (Å²) in [5.41, 5.74) is -0.308. The maximum absolute atomic E-state index is 14.6. The fourth-order valence-electron chi connectivity index (χ4n) is 5.95. The van der Waals surface area contributed by atoms with Crippen LogP contribution in [0.25, 0.3) is 0 Å². The second-order valence-electron chi connectivity index (χ2n) is 15.5. The van der Waals surface area contributed by atoms with E-state index in [1.54, 1.807) is 32.9 Å². The summed E-state index contributed by atoms with van der Waals surface area (Å²) >= 11 is 13.0. The van der Waals surface area contributed by atoms with Crippen molar-refractivity contribution in [2.45, 2.75) is 89.8 Å². The van der Waals surface area contributed by atoms with Crippen molar-refractivity contribution in [3.63, 3.8) is 0 Å². The summed E-state index contributed by atoms with van der Waals surface area (Å²) in [6.45, 7) is 12.8. The monoisotopic (exact) mass is 829 g/mol. The lowest BCUT2D eigenvalue weighted by Gasteiger charge is -2.32. The number of likely N-dealkylation sites (N-methyl/N-ethyl adjacent to an activating group) is 1. The minimum Gasteiger partial charge on any atom is -0.504 e. The molecule has 57 heavy (non-hydrogen) atoms. The van der Waals surface area contributed by atoms with E-state index in [-0.39, 0.29) is 44.8 Å². The highest BCUT2D eigenvalue weighted by Gasteiger charge is 2.51. The van der Waals surface area contributed by atoms with Gasteiger partial charge in [-0.25, -0.2) is 9.59 Å². The number of carbonyl (C=O) groups is 4. The Morgan fingerprint density at radius 2 is 1.42 bits per heavy atom. The number of carbonyl (C=O) groups excluding carboxylic acids is 4. The molecule has 0 spiro atoms.